The first-order valence-corrected chi connectivity index (χ1v) is 6.59. The maximum absolute atomic E-state index is 11.7. The molecule has 0 atom stereocenters. The summed E-state index contributed by atoms with van der Waals surface area (Å²) < 4.78 is 7.17. The van der Waals surface area contributed by atoms with Crippen LogP contribution in [0.1, 0.15) is 11.1 Å². The Balaban J connectivity index is 1.67. The van der Waals surface area contributed by atoms with E-state index in [2.05, 4.69) is 10.4 Å². The highest BCUT2D eigenvalue weighted by atomic mass is 16.5. The van der Waals surface area contributed by atoms with Gasteiger partial charge in [-0.05, 0) is 37.1 Å². The van der Waals surface area contributed by atoms with Gasteiger partial charge in [0.05, 0.1) is 12.7 Å². The second-order valence-corrected chi connectivity index (χ2v) is 4.73. The van der Waals surface area contributed by atoms with Crippen molar-refractivity contribution in [2.75, 3.05) is 13.2 Å². The van der Waals surface area contributed by atoms with Gasteiger partial charge in [-0.1, -0.05) is 12.1 Å². The van der Waals surface area contributed by atoms with Gasteiger partial charge in [0.2, 0.25) is 5.91 Å². The van der Waals surface area contributed by atoms with Gasteiger partial charge < -0.3 is 10.1 Å². The molecule has 2 rings (SSSR count). The van der Waals surface area contributed by atoms with Crippen molar-refractivity contribution in [2.45, 2.75) is 20.4 Å². The average Bonchev–Trinajstić information content (AvgIpc) is 2.80. The summed E-state index contributed by atoms with van der Waals surface area (Å²) in [5, 5.41) is 6.87. The number of rotatable bonds is 6. The van der Waals surface area contributed by atoms with Gasteiger partial charge in [0, 0.05) is 6.20 Å². The third-order valence-electron chi connectivity index (χ3n) is 2.75. The van der Waals surface area contributed by atoms with Crippen molar-refractivity contribution >= 4 is 5.91 Å². The number of aromatic nitrogens is 2. The van der Waals surface area contributed by atoms with Gasteiger partial charge in [-0.25, -0.2) is 0 Å². The first-order chi connectivity index (χ1) is 9.63. The molecule has 1 amide bonds. The number of carbonyl (C=O) groups is 1. The molecule has 5 heteroatoms. The number of carbonyl (C=O) groups excluding carboxylic acids is 1. The van der Waals surface area contributed by atoms with Crippen LogP contribution in [-0.4, -0.2) is 28.8 Å². The molecule has 5 nitrogen and oxygen atoms in total. The van der Waals surface area contributed by atoms with Crippen molar-refractivity contribution in [3.63, 3.8) is 0 Å². The van der Waals surface area contributed by atoms with Crippen LogP contribution in [0.5, 0.6) is 5.75 Å². The molecular weight excluding hydrogens is 254 g/mol. The van der Waals surface area contributed by atoms with Gasteiger partial charge in [0.15, 0.2) is 0 Å². The number of hydrogen-bond donors (Lipinski definition) is 1. The van der Waals surface area contributed by atoms with Crippen LogP contribution >= 0.6 is 0 Å². The fraction of sp³-hybridized carbons (Fsp3) is 0.333. The van der Waals surface area contributed by atoms with Crippen molar-refractivity contribution < 1.29 is 9.53 Å². The summed E-state index contributed by atoms with van der Waals surface area (Å²) in [5.41, 5.74) is 2.20. The van der Waals surface area contributed by atoms with E-state index in [1.807, 2.05) is 44.3 Å². The van der Waals surface area contributed by atoms with Crippen molar-refractivity contribution in [1.82, 2.24) is 15.1 Å². The third-order valence-corrected chi connectivity index (χ3v) is 2.75. The van der Waals surface area contributed by atoms with Crippen molar-refractivity contribution in [3.8, 4) is 5.75 Å². The standard InChI is InChI=1S/C15H19N3O2/c1-12-4-3-5-14(8-12)20-7-6-16-15(19)11-18-10-13(2)9-17-18/h3-5,8-10H,6-7,11H2,1-2H3,(H,16,19). The highest BCUT2D eigenvalue weighted by Gasteiger charge is 2.03. The molecule has 2 aromatic rings. The molecule has 0 spiro atoms. The zero-order valence-corrected chi connectivity index (χ0v) is 11.8. The van der Waals surface area contributed by atoms with E-state index in [1.54, 1.807) is 10.9 Å². The number of hydrogen-bond acceptors (Lipinski definition) is 3. The minimum atomic E-state index is -0.0686. The fourth-order valence-electron chi connectivity index (χ4n) is 1.82. The summed E-state index contributed by atoms with van der Waals surface area (Å²) in [4.78, 5) is 11.7. The summed E-state index contributed by atoms with van der Waals surface area (Å²) in [6.45, 7) is 5.12. The molecule has 0 fully saturated rings. The van der Waals surface area contributed by atoms with Gasteiger partial charge in [0.1, 0.15) is 18.9 Å². The molecule has 0 unspecified atom stereocenters. The maximum atomic E-state index is 11.7. The number of nitrogens with one attached hydrogen (secondary N) is 1. The quantitative estimate of drug-likeness (QED) is 0.815. The number of benzene rings is 1. The smallest absolute Gasteiger partial charge is 0.241 e. The number of amides is 1. The molecule has 0 aliphatic rings. The second-order valence-electron chi connectivity index (χ2n) is 4.73. The van der Waals surface area contributed by atoms with Crippen LogP contribution in [0.3, 0.4) is 0 Å². The number of nitrogens with zero attached hydrogens (tertiary/aromatic N) is 2. The van der Waals surface area contributed by atoms with Crippen LogP contribution in [0.15, 0.2) is 36.7 Å². The molecule has 1 aromatic heterocycles. The molecule has 1 heterocycles. The van der Waals surface area contributed by atoms with Gasteiger partial charge in [-0.3, -0.25) is 9.48 Å². The highest BCUT2D eigenvalue weighted by Crippen LogP contribution is 2.11. The van der Waals surface area contributed by atoms with E-state index in [0.717, 1.165) is 16.9 Å². The Morgan fingerprint density at radius 2 is 2.20 bits per heavy atom. The summed E-state index contributed by atoms with van der Waals surface area (Å²) in [6, 6.07) is 7.83. The summed E-state index contributed by atoms with van der Waals surface area (Å²) in [5.74, 6) is 0.753. The summed E-state index contributed by atoms with van der Waals surface area (Å²) in [6.07, 6.45) is 3.57. The lowest BCUT2D eigenvalue weighted by atomic mass is 10.2. The molecular formula is C15H19N3O2. The first kappa shape index (κ1) is 14.1. The van der Waals surface area contributed by atoms with Gasteiger partial charge >= 0.3 is 0 Å². The first-order valence-electron chi connectivity index (χ1n) is 6.59. The third kappa shape index (κ3) is 4.42. The lowest BCUT2D eigenvalue weighted by Crippen LogP contribution is -2.31. The van der Waals surface area contributed by atoms with Crippen LogP contribution in [0.4, 0.5) is 0 Å². The van der Waals surface area contributed by atoms with Crippen LogP contribution in [0.25, 0.3) is 0 Å². The van der Waals surface area contributed by atoms with Gasteiger partial charge in [0.25, 0.3) is 0 Å². The molecule has 106 valence electrons. The molecule has 0 bridgehead atoms. The van der Waals surface area contributed by atoms with E-state index in [9.17, 15) is 4.79 Å². The Morgan fingerprint density at radius 3 is 2.90 bits per heavy atom. The van der Waals surface area contributed by atoms with Crippen molar-refractivity contribution in [3.05, 3.63) is 47.8 Å². The van der Waals surface area contributed by atoms with Gasteiger partial charge in [-0.2, -0.15) is 5.10 Å². The van der Waals surface area contributed by atoms with Crippen LogP contribution in [0.2, 0.25) is 0 Å². The zero-order valence-electron chi connectivity index (χ0n) is 11.8. The lowest BCUT2D eigenvalue weighted by Gasteiger charge is -2.08. The number of ether oxygens (including phenoxy) is 1. The van der Waals surface area contributed by atoms with E-state index in [1.165, 1.54) is 0 Å². The van der Waals surface area contributed by atoms with Gasteiger partial charge in [-0.15, -0.1) is 0 Å². The monoisotopic (exact) mass is 273 g/mol. The maximum Gasteiger partial charge on any atom is 0.241 e. The van der Waals surface area contributed by atoms with Crippen LogP contribution in [-0.2, 0) is 11.3 Å². The molecule has 1 N–H and O–H groups in total. The van der Waals surface area contributed by atoms with Crippen molar-refractivity contribution in [2.24, 2.45) is 0 Å². The Labute approximate surface area is 118 Å². The Bertz CT molecular complexity index is 578. The van der Waals surface area contributed by atoms with E-state index in [-0.39, 0.29) is 12.5 Å². The minimum Gasteiger partial charge on any atom is -0.492 e. The minimum absolute atomic E-state index is 0.0686. The molecule has 0 aliphatic carbocycles. The zero-order chi connectivity index (χ0) is 14.4. The average molecular weight is 273 g/mol. The summed E-state index contributed by atoms with van der Waals surface area (Å²) in [7, 11) is 0. The normalized spacial score (nSPS) is 10.3. The van der Waals surface area contributed by atoms with E-state index >= 15 is 0 Å². The topological polar surface area (TPSA) is 56.1 Å². The second kappa shape index (κ2) is 6.75. The Hall–Kier alpha value is -2.30. The van der Waals surface area contributed by atoms with Crippen LogP contribution in [0, 0.1) is 13.8 Å². The molecule has 0 saturated heterocycles. The van der Waals surface area contributed by atoms with Crippen molar-refractivity contribution in [1.29, 1.82) is 0 Å². The van der Waals surface area contributed by atoms with E-state index in [4.69, 9.17) is 4.74 Å². The molecule has 20 heavy (non-hydrogen) atoms. The predicted molar refractivity (Wildman–Crippen MR) is 76.6 cm³/mol. The SMILES string of the molecule is Cc1cccc(OCCNC(=O)Cn2cc(C)cn2)c1. The largest absolute Gasteiger partial charge is 0.492 e. The molecule has 0 saturated carbocycles. The Morgan fingerprint density at radius 1 is 1.35 bits per heavy atom. The number of aryl methyl sites for hydroxylation is 2. The molecule has 0 radical (unpaired) electrons. The molecule has 0 aliphatic heterocycles. The highest BCUT2D eigenvalue weighted by molar-refractivity contribution is 5.75. The predicted octanol–water partition coefficient (Wildman–Crippen LogP) is 1.70. The molecule has 1 aromatic carbocycles. The van der Waals surface area contributed by atoms with E-state index in [0.29, 0.717) is 13.2 Å². The fourth-order valence-corrected chi connectivity index (χ4v) is 1.82. The van der Waals surface area contributed by atoms with E-state index < -0.39 is 0 Å². The summed E-state index contributed by atoms with van der Waals surface area (Å²) >= 11 is 0. The van der Waals surface area contributed by atoms with Crippen LogP contribution < -0.4 is 10.1 Å². The lowest BCUT2D eigenvalue weighted by molar-refractivity contribution is -0.121. The Kier molecular flexibility index (Phi) is 4.76.